The number of hydrogen-bond acceptors (Lipinski definition) is 7. The van der Waals surface area contributed by atoms with Crippen molar-refractivity contribution in [1.82, 2.24) is 30.1 Å². The summed E-state index contributed by atoms with van der Waals surface area (Å²) in [4.78, 5) is 19.2. The van der Waals surface area contributed by atoms with Crippen LogP contribution in [0.2, 0.25) is 0 Å². The molecule has 0 saturated carbocycles. The first kappa shape index (κ1) is 25.2. The first-order valence-electron chi connectivity index (χ1n) is 13.4. The number of hydrogen-bond donors (Lipinski definition) is 1. The van der Waals surface area contributed by atoms with Crippen LogP contribution < -0.4 is 5.56 Å². The van der Waals surface area contributed by atoms with Crippen LogP contribution in [0.15, 0.2) is 76.1 Å². The van der Waals surface area contributed by atoms with Crippen LogP contribution in [0, 0.1) is 13.8 Å². The highest BCUT2D eigenvalue weighted by Gasteiger charge is 2.32. The van der Waals surface area contributed by atoms with Crippen LogP contribution in [0.1, 0.15) is 52.7 Å². The lowest BCUT2D eigenvalue weighted by atomic mass is 10.00. The number of aromatic nitrogens is 5. The number of nitrogens with zero attached hydrogens (tertiary/aromatic N) is 5. The van der Waals surface area contributed by atoms with Crippen molar-refractivity contribution < 1.29 is 9.15 Å². The molecule has 0 spiro atoms. The van der Waals surface area contributed by atoms with Gasteiger partial charge in [0.2, 0.25) is 0 Å². The molecule has 1 aliphatic heterocycles. The third-order valence-corrected chi connectivity index (χ3v) is 7.35. The number of pyridine rings is 1. The first-order chi connectivity index (χ1) is 19.0. The predicted octanol–water partition coefficient (Wildman–Crippen LogP) is 4.70. The zero-order valence-electron chi connectivity index (χ0n) is 22.2. The zero-order valence-corrected chi connectivity index (χ0v) is 22.2. The third kappa shape index (κ3) is 5.41. The van der Waals surface area contributed by atoms with Crippen LogP contribution >= 0.6 is 0 Å². The highest BCUT2D eigenvalue weighted by Crippen LogP contribution is 2.31. The second-order valence-electron chi connectivity index (χ2n) is 10.3. The molecule has 5 aromatic rings. The normalized spacial score (nSPS) is 16.3. The Bertz CT molecular complexity index is 1600. The lowest BCUT2D eigenvalue weighted by molar-refractivity contribution is 0.0901. The lowest BCUT2D eigenvalue weighted by Crippen LogP contribution is -2.35. The number of fused-ring (bicyclic) bond motifs is 1. The van der Waals surface area contributed by atoms with Gasteiger partial charge in [-0.2, -0.15) is 0 Å². The first-order valence-corrected chi connectivity index (χ1v) is 13.4. The molecule has 9 heteroatoms. The van der Waals surface area contributed by atoms with Crippen molar-refractivity contribution in [1.29, 1.82) is 0 Å². The van der Waals surface area contributed by atoms with Gasteiger partial charge in [0.15, 0.2) is 5.82 Å². The lowest BCUT2D eigenvalue weighted by Gasteiger charge is -2.30. The standard InChI is InChI=1S/C30H32N6O3/c1-20-14-21(2)27-23(15-20)16-26(30(37)31-27)28(29-32-33-34-36(29)19-25-11-7-13-39-25)35(18-24-10-6-12-38-24)17-22-8-4-3-5-9-22/h3-6,8-10,12,14-16,25,28H,7,11,13,17-19H2,1-2H3,(H,31,37). The summed E-state index contributed by atoms with van der Waals surface area (Å²) in [7, 11) is 0. The molecule has 1 saturated heterocycles. The molecule has 39 heavy (non-hydrogen) atoms. The minimum atomic E-state index is -0.541. The molecule has 0 aliphatic carbocycles. The van der Waals surface area contributed by atoms with Gasteiger partial charge in [0, 0.05) is 18.7 Å². The van der Waals surface area contributed by atoms with Crippen LogP contribution in [0.5, 0.6) is 0 Å². The number of ether oxygens (including phenoxy) is 1. The summed E-state index contributed by atoms with van der Waals surface area (Å²) in [5, 5.41) is 13.9. The van der Waals surface area contributed by atoms with Crippen LogP contribution in [0.4, 0.5) is 0 Å². The molecule has 1 fully saturated rings. The topological polar surface area (TPSA) is 102 Å². The Kier molecular flexibility index (Phi) is 7.08. The number of tetrazole rings is 1. The van der Waals surface area contributed by atoms with E-state index in [2.05, 4.69) is 56.6 Å². The van der Waals surface area contributed by atoms with E-state index in [1.54, 1.807) is 10.9 Å². The van der Waals surface area contributed by atoms with Gasteiger partial charge in [0.25, 0.3) is 5.56 Å². The number of aryl methyl sites for hydroxylation is 2. The molecule has 0 amide bonds. The van der Waals surface area contributed by atoms with E-state index in [1.807, 2.05) is 43.3 Å². The quantitative estimate of drug-likeness (QED) is 0.298. The van der Waals surface area contributed by atoms with Crippen LogP contribution in [-0.2, 0) is 24.4 Å². The fourth-order valence-corrected chi connectivity index (χ4v) is 5.58. The number of aromatic amines is 1. The van der Waals surface area contributed by atoms with Crippen molar-refractivity contribution in [3.8, 4) is 0 Å². The molecule has 4 heterocycles. The SMILES string of the molecule is Cc1cc(C)c2[nH]c(=O)c(C(c3nnnn3CC3CCCO3)N(Cc3ccccc3)Cc3ccco3)cc2c1. The Morgan fingerprint density at radius 1 is 1.10 bits per heavy atom. The predicted molar refractivity (Wildman–Crippen MR) is 147 cm³/mol. The van der Waals surface area contributed by atoms with Gasteiger partial charge in [-0.3, -0.25) is 9.69 Å². The van der Waals surface area contributed by atoms with Crippen molar-refractivity contribution in [2.24, 2.45) is 0 Å². The highest BCUT2D eigenvalue weighted by molar-refractivity contribution is 5.83. The minimum Gasteiger partial charge on any atom is -0.468 e. The van der Waals surface area contributed by atoms with Gasteiger partial charge in [-0.15, -0.1) is 5.10 Å². The maximum atomic E-state index is 13.8. The number of furan rings is 1. The molecular weight excluding hydrogens is 492 g/mol. The van der Waals surface area contributed by atoms with Crippen LogP contribution in [-0.4, -0.2) is 42.8 Å². The molecule has 6 rings (SSSR count). The van der Waals surface area contributed by atoms with Crippen molar-refractivity contribution in [2.75, 3.05) is 6.61 Å². The van der Waals surface area contributed by atoms with E-state index in [0.717, 1.165) is 52.8 Å². The van der Waals surface area contributed by atoms with Gasteiger partial charge < -0.3 is 14.1 Å². The second kappa shape index (κ2) is 11.0. The van der Waals surface area contributed by atoms with Crippen molar-refractivity contribution in [3.63, 3.8) is 0 Å². The highest BCUT2D eigenvalue weighted by atomic mass is 16.5. The van der Waals surface area contributed by atoms with Gasteiger partial charge in [-0.05, 0) is 77.9 Å². The molecule has 9 nitrogen and oxygen atoms in total. The van der Waals surface area contributed by atoms with Crippen LogP contribution in [0.3, 0.4) is 0 Å². The summed E-state index contributed by atoms with van der Waals surface area (Å²) in [5.74, 6) is 1.39. The van der Waals surface area contributed by atoms with E-state index in [0.29, 0.717) is 31.0 Å². The fourth-order valence-electron chi connectivity index (χ4n) is 5.58. The third-order valence-electron chi connectivity index (χ3n) is 7.35. The smallest absolute Gasteiger partial charge is 0.253 e. The second-order valence-corrected chi connectivity index (χ2v) is 10.3. The number of nitrogens with one attached hydrogen (secondary N) is 1. The van der Waals surface area contributed by atoms with E-state index in [-0.39, 0.29) is 11.7 Å². The molecule has 2 aromatic carbocycles. The van der Waals surface area contributed by atoms with E-state index in [4.69, 9.17) is 9.15 Å². The number of rotatable bonds is 9. The summed E-state index contributed by atoms with van der Waals surface area (Å²) >= 11 is 0. The molecule has 2 atom stereocenters. The molecule has 1 N–H and O–H groups in total. The van der Waals surface area contributed by atoms with E-state index in [9.17, 15) is 4.79 Å². The maximum Gasteiger partial charge on any atom is 0.253 e. The van der Waals surface area contributed by atoms with E-state index < -0.39 is 6.04 Å². The summed E-state index contributed by atoms with van der Waals surface area (Å²) in [6.45, 7) is 6.38. The van der Waals surface area contributed by atoms with Gasteiger partial charge in [0.1, 0.15) is 11.8 Å². The molecule has 2 unspecified atom stereocenters. The number of H-pyrrole nitrogens is 1. The number of benzene rings is 2. The van der Waals surface area contributed by atoms with Crippen molar-refractivity contribution in [2.45, 2.75) is 58.5 Å². The molecule has 0 radical (unpaired) electrons. The minimum absolute atomic E-state index is 0.0423. The summed E-state index contributed by atoms with van der Waals surface area (Å²) in [6.07, 6.45) is 3.69. The fraction of sp³-hybridized carbons (Fsp3) is 0.333. The summed E-state index contributed by atoms with van der Waals surface area (Å²) in [6, 6.07) is 19.7. The Morgan fingerprint density at radius 3 is 2.74 bits per heavy atom. The average molecular weight is 525 g/mol. The Labute approximate surface area is 226 Å². The zero-order chi connectivity index (χ0) is 26.8. The molecule has 200 valence electrons. The Balaban J connectivity index is 1.52. The summed E-state index contributed by atoms with van der Waals surface area (Å²) in [5.41, 5.74) is 4.53. The molecule has 0 bridgehead atoms. The Hall–Kier alpha value is -4.08. The monoisotopic (exact) mass is 524 g/mol. The largest absolute Gasteiger partial charge is 0.468 e. The van der Waals surface area contributed by atoms with Crippen LogP contribution in [0.25, 0.3) is 10.9 Å². The van der Waals surface area contributed by atoms with Gasteiger partial charge >= 0.3 is 0 Å². The van der Waals surface area contributed by atoms with Gasteiger partial charge in [-0.25, -0.2) is 4.68 Å². The molecule has 3 aromatic heterocycles. The van der Waals surface area contributed by atoms with Gasteiger partial charge in [-0.1, -0.05) is 42.0 Å². The molecule has 1 aliphatic rings. The van der Waals surface area contributed by atoms with Gasteiger partial charge in [0.05, 0.1) is 31.0 Å². The van der Waals surface area contributed by atoms with Crippen molar-refractivity contribution in [3.05, 3.63) is 111 Å². The summed E-state index contributed by atoms with van der Waals surface area (Å²) < 4.78 is 13.5. The average Bonchev–Trinajstić information content (AvgIpc) is 3.71. The Morgan fingerprint density at radius 2 is 1.97 bits per heavy atom. The van der Waals surface area contributed by atoms with E-state index >= 15 is 0 Å². The maximum absolute atomic E-state index is 13.8. The van der Waals surface area contributed by atoms with E-state index in [1.165, 1.54) is 0 Å². The molecular formula is C30H32N6O3. The van der Waals surface area contributed by atoms with Crippen molar-refractivity contribution >= 4 is 10.9 Å².